The molecule has 0 aliphatic rings. The number of carbonyl (C=O) groups is 2. The number of halogens is 2. The number of hydrogen-bond acceptors (Lipinski definition) is 4. The van der Waals surface area contributed by atoms with Crippen LogP contribution in [0.1, 0.15) is 44.5 Å². The summed E-state index contributed by atoms with van der Waals surface area (Å²) in [5.74, 6) is -1.48. The normalized spacial score (nSPS) is 13.1. The summed E-state index contributed by atoms with van der Waals surface area (Å²) in [7, 11) is 4.74. The first kappa shape index (κ1) is 31.0. The van der Waals surface area contributed by atoms with Crippen LogP contribution in [0.5, 0.6) is 0 Å². The number of rotatable bonds is 12. The summed E-state index contributed by atoms with van der Waals surface area (Å²) >= 11 is 0. The van der Waals surface area contributed by atoms with Crippen molar-refractivity contribution in [3.63, 3.8) is 0 Å². The molecule has 1 heterocycles. The molecule has 0 saturated carbocycles. The van der Waals surface area contributed by atoms with Gasteiger partial charge >= 0.3 is 0 Å². The second-order valence-electron chi connectivity index (χ2n) is 10.9. The Kier molecular flexibility index (Phi) is 10.6. The Morgan fingerprint density at radius 2 is 1.75 bits per heavy atom. The van der Waals surface area contributed by atoms with E-state index < -0.39 is 29.1 Å². The maximum atomic E-state index is 14.9. The number of carbonyl (C=O) groups excluding carboxylic acids is 2. The van der Waals surface area contributed by atoms with Gasteiger partial charge in [0.2, 0.25) is 11.8 Å². The molecule has 0 aliphatic carbocycles. The third-order valence-corrected chi connectivity index (χ3v) is 6.94. The van der Waals surface area contributed by atoms with Crippen molar-refractivity contribution in [3.05, 3.63) is 83.7 Å². The predicted molar refractivity (Wildman–Crippen MR) is 153 cm³/mol. The van der Waals surface area contributed by atoms with Crippen LogP contribution >= 0.6 is 0 Å². The zero-order valence-electron chi connectivity index (χ0n) is 24.1. The molecule has 2 N–H and O–H groups in total. The van der Waals surface area contributed by atoms with Crippen molar-refractivity contribution in [2.45, 2.75) is 45.8 Å². The van der Waals surface area contributed by atoms with Crippen molar-refractivity contribution in [2.24, 2.45) is 5.41 Å². The monoisotopic (exact) mass is 554 g/mol. The van der Waals surface area contributed by atoms with Gasteiger partial charge in [0.25, 0.3) is 0 Å². The van der Waals surface area contributed by atoms with E-state index in [1.165, 1.54) is 13.2 Å². The van der Waals surface area contributed by atoms with Crippen molar-refractivity contribution in [3.8, 4) is 11.1 Å². The molecule has 0 bridgehead atoms. The molecule has 2 atom stereocenters. The lowest BCUT2D eigenvalue weighted by Gasteiger charge is -2.41. The summed E-state index contributed by atoms with van der Waals surface area (Å²) in [6.07, 6.45) is 2.17. The lowest BCUT2D eigenvalue weighted by molar-refractivity contribution is -0.141. The largest absolute Gasteiger partial charge is 0.375 e. The SMILES string of the molecule is CNC(=O)[C@H](CCN(C(=O)COC)[C@@H](c1cc(-c2cc(F)ccc2F)cn1Cc1ccccc1)C(C)(C)C)NC. The van der Waals surface area contributed by atoms with Crippen molar-refractivity contribution in [1.82, 2.24) is 20.1 Å². The molecule has 0 saturated heterocycles. The van der Waals surface area contributed by atoms with E-state index in [2.05, 4.69) is 10.6 Å². The molecule has 0 radical (unpaired) electrons. The number of nitrogens with zero attached hydrogens (tertiary/aromatic N) is 2. The standard InChI is InChI=1S/C31H40F2N4O3/c1-31(2,3)29(37(28(38)20-40-6)15-14-26(34-4)30(39)35-5)27-16-22(24-17-23(32)12-13-25(24)33)19-36(27)18-21-10-8-7-9-11-21/h7-13,16-17,19,26,29,34H,14-15,18,20H2,1-6H3,(H,35,39)/t26-,29-/m0/s1. The van der Waals surface area contributed by atoms with Crippen LogP contribution < -0.4 is 10.6 Å². The number of methoxy groups -OCH3 is 1. The van der Waals surface area contributed by atoms with E-state index in [1.807, 2.05) is 61.7 Å². The lowest BCUT2D eigenvalue weighted by Crippen LogP contribution is -2.48. The van der Waals surface area contributed by atoms with Crippen LogP contribution in [0.2, 0.25) is 0 Å². The van der Waals surface area contributed by atoms with Crippen molar-refractivity contribution in [1.29, 1.82) is 0 Å². The van der Waals surface area contributed by atoms with E-state index >= 15 is 0 Å². The van der Waals surface area contributed by atoms with E-state index in [-0.39, 0.29) is 30.5 Å². The van der Waals surface area contributed by atoms with Gasteiger partial charge in [0, 0.05) is 50.3 Å². The molecule has 2 amide bonds. The number of amides is 2. The van der Waals surface area contributed by atoms with Gasteiger partial charge in [-0.1, -0.05) is 51.1 Å². The fraction of sp³-hybridized carbons (Fsp3) is 0.419. The minimum atomic E-state index is -0.537. The molecule has 0 fully saturated rings. The van der Waals surface area contributed by atoms with E-state index in [0.29, 0.717) is 18.5 Å². The van der Waals surface area contributed by atoms with Gasteiger partial charge < -0.3 is 24.8 Å². The third kappa shape index (κ3) is 7.55. The van der Waals surface area contributed by atoms with E-state index in [9.17, 15) is 18.4 Å². The fourth-order valence-electron chi connectivity index (χ4n) is 5.06. The van der Waals surface area contributed by atoms with Gasteiger partial charge in [-0.15, -0.1) is 0 Å². The van der Waals surface area contributed by atoms with Crippen LogP contribution in [-0.2, 0) is 20.9 Å². The molecule has 216 valence electrons. The first-order valence-corrected chi connectivity index (χ1v) is 13.4. The molecule has 2 aromatic carbocycles. The molecule has 40 heavy (non-hydrogen) atoms. The van der Waals surface area contributed by atoms with Crippen LogP contribution in [0.3, 0.4) is 0 Å². The number of benzene rings is 2. The van der Waals surface area contributed by atoms with Gasteiger partial charge in [-0.3, -0.25) is 9.59 Å². The van der Waals surface area contributed by atoms with Crippen molar-refractivity contribution >= 4 is 11.8 Å². The average Bonchev–Trinajstić information content (AvgIpc) is 3.31. The number of aromatic nitrogens is 1. The number of hydrogen-bond donors (Lipinski definition) is 2. The third-order valence-electron chi connectivity index (χ3n) is 6.94. The van der Waals surface area contributed by atoms with E-state index in [0.717, 1.165) is 23.4 Å². The summed E-state index contributed by atoms with van der Waals surface area (Å²) in [5, 5.41) is 5.67. The Labute approximate surface area is 235 Å². The first-order chi connectivity index (χ1) is 19.0. The average molecular weight is 555 g/mol. The zero-order chi connectivity index (χ0) is 29.4. The maximum absolute atomic E-state index is 14.9. The predicted octanol–water partition coefficient (Wildman–Crippen LogP) is 4.77. The minimum absolute atomic E-state index is 0.137. The van der Waals surface area contributed by atoms with Gasteiger partial charge in [-0.2, -0.15) is 0 Å². The Bertz CT molecular complexity index is 1290. The molecule has 0 aliphatic heterocycles. The molecule has 0 unspecified atom stereocenters. The van der Waals surface area contributed by atoms with Crippen LogP contribution in [0.4, 0.5) is 8.78 Å². The number of nitrogens with one attached hydrogen (secondary N) is 2. The first-order valence-electron chi connectivity index (χ1n) is 13.4. The topological polar surface area (TPSA) is 75.6 Å². The molecule has 7 nitrogen and oxygen atoms in total. The quantitative estimate of drug-likeness (QED) is 0.338. The van der Waals surface area contributed by atoms with Gasteiger partial charge in [0.1, 0.15) is 18.2 Å². The van der Waals surface area contributed by atoms with Crippen LogP contribution in [0.25, 0.3) is 11.1 Å². The Hall–Kier alpha value is -3.56. The van der Waals surface area contributed by atoms with E-state index in [4.69, 9.17) is 4.74 Å². The summed E-state index contributed by atoms with van der Waals surface area (Å²) in [6, 6.07) is 14.0. The fourth-order valence-corrected chi connectivity index (χ4v) is 5.06. The summed E-state index contributed by atoms with van der Waals surface area (Å²) in [6.45, 7) is 6.68. The van der Waals surface area contributed by atoms with Gasteiger partial charge in [0.05, 0.1) is 12.1 Å². The Morgan fingerprint density at radius 1 is 1.05 bits per heavy atom. The summed E-state index contributed by atoms with van der Waals surface area (Å²) < 4.78 is 36.3. The molecular weight excluding hydrogens is 514 g/mol. The van der Waals surface area contributed by atoms with E-state index in [1.54, 1.807) is 25.2 Å². The van der Waals surface area contributed by atoms with Crippen LogP contribution in [0, 0.1) is 17.0 Å². The molecule has 3 rings (SSSR count). The maximum Gasteiger partial charge on any atom is 0.249 e. The van der Waals surface area contributed by atoms with Crippen LogP contribution in [0.15, 0.2) is 60.8 Å². The lowest BCUT2D eigenvalue weighted by atomic mass is 9.82. The smallest absolute Gasteiger partial charge is 0.249 e. The summed E-state index contributed by atoms with van der Waals surface area (Å²) in [5.41, 5.74) is 1.96. The highest BCUT2D eigenvalue weighted by Gasteiger charge is 2.37. The molecule has 3 aromatic rings. The second-order valence-corrected chi connectivity index (χ2v) is 10.9. The van der Waals surface area contributed by atoms with Crippen molar-refractivity contribution < 1.29 is 23.1 Å². The van der Waals surface area contributed by atoms with Gasteiger partial charge in [-0.25, -0.2) is 8.78 Å². The Morgan fingerprint density at radius 3 is 2.35 bits per heavy atom. The zero-order valence-corrected chi connectivity index (χ0v) is 24.1. The summed E-state index contributed by atoms with van der Waals surface area (Å²) in [4.78, 5) is 27.7. The highest BCUT2D eigenvalue weighted by atomic mass is 19.1. The molecular formula is C31H40F2N4O3. The second kappa shape index (κ2) is 13.7. The van der Waals surface area contributed by atoms with Crippen molar-refractivity contribution in [2.75, 3.05) is 34.4 Å². The highest BCUT2D eigenvalue weighted by Crippen LogP contribution is 2.41. The van der Waals surface area contributed by atoms with Gasteiger partial charge in [0.15, 0.2) is 0 Å². The molecule has 9 heteroatoms. The Balaban J connectivity index is 2.18. The van der Waals surface area contributed by atoms with Crippen LogP contribution in [-0.4, -0.2) is 61.7 Å². The minimum Gasteiger partial charge on any atom is -0.375 e. The number of ether oxygens (including phenoxy) is 1. The molecule has 0 spiro atoms. The molecule has 1 aromatic heterocycles. The number of likely N-dealkylation sites (N-methyl/N-ethyl adjacent to an activating group) is 2. The highest BCUT2D eigenvalue weighted by molar-refractivity contribution is 5.82. The van der Waals surface area contributed by atoms with Gasteiger partial charge in [-0.05, 0) is 48.7 Å².